The Morgan fingerprint density at radius 2 is 2.12 bits per heavy atom. The Balaban J connectivity index is 1.74. The summed E-state index contributed by atoms with van der Waals surface area (Å²) in [6.07, 6.45) is -3.25. The van der Waals surface area contributed by atoms with Gasteiger partial charge in [-0.15, -0.1) is 0 Å². The molecule has 2 aromatic rings. The van der Waals surface area contributed by atoms with E-state index in [0.717, 1.165) is 6.92 Å². The van der Waals surface area contributed by atoms with Gasteiger partial charge in [0.1, 0.15) is 18.2 Å². The maximum atomic E-state index is 15.6. The molecule has 0 unspecified atom stereocenters. The van der Waals surface area contributed by atoms with Gasteiger partial charge in [-0.3, -0.25) is 13.9 Å². The number of alkyl halides is 1. The minimum Gasteiger partial charge on any atom is -0.479 e. The number of halogens is 1. The van der Waals surface area contributed by atoms with Crippen molar-refractivity contribution >= 4 is 30.6 Å². The number of aromatic nitrogens is 4. The number of nitrogens with zero attached hydrogens (tertiary/aromatic N) is 4. The number of nitrogens with one attached hydrogen (secondary N) is 1. The monoisotopic (exact) mass is 504 g/mol. The van der Waals surface area contributed by atoms with E-state index >= 15 is 4.39 Å². The van der Waals surface area contributed by atoms with Crippen LogP contribution in [-0.4, -0.2) is 81.0 Å². The molecule has 0 radical (unpaired) electrons. The van der Waals surface area contributed by atoms with Crippen molar-refractivity contribution in [3.05, 3.63) is 6.33 Å². The molecule has 13 nitrogen and oxygen atoms in total. The summed E-state index contributed by atoms with van der Waals surface area (Å²) in [6, 6.07) is -0.913. The van der Waals surface area contributed by atoms with E-state index in [1.807, 2.05) is 0 Å². The third-order valence-corrected chi connectivity index (χ3v) is 6.69. The number of esters is 1. The van der Waals surface area contributed by atoms with Gasteiger partial charge in [0.2, 0.25) is 11.8 Å². The summed E-state index contributed by atoms with van der Waals surface area (Å²) in [4.78, 5) is 24.1. The summed E-state index contributed by atoms with van der Waals surface area (Å²) in [6.45, 7) is 6.85. The van der Waals surface area contributed by atoms with Crippen LogP contribution in [0.25, 0.3) is 11.2 Å². The molecule has 2 aromatic heterocycles. The number of hydrogen-bond donors (Lipinski definition) is 3. The van der Waals surface area contributed by atoms with E-state index in [4.69, 9.17) is 24.5 Å². The molecular formula is C19H30FN6O7P. The highest BCUT2D eigenvalue weighted by molar-refractivity contribution is 7.56. The second-order valence-electron chi connectivity index (χ2n) is 8.52. The summed E-state index contributed by atoms with van der Waals surface area (Å²) >= 11 is 0. The molecule has 190 valence electrons. The SMILES string of the molecule is COc1nc(N)nc2c1ncn2[C@@H]1O[C@H](CO[P@](C)(=O)N[C@@H](C)C(=O)OC(C)C)[C@@H](O)[C@@]1(C)F. The van der Waals surface area contributed by atoms with Crippen LogP contribution in [0, 0.1) is 0 Å². The number of fused-ring (bicyclic) bond motifs is 1. The average Bonchev–Trinajstić information content (AvgIpc) is 3.23. The largest absolute Gasteiger partial charge is 0.479 e. The van der Waals surface area contributed by atoms with Crippen LogP contribution in [0.1, 0.15) is 33.9 Å². The van der Waals surface area contributed by atoms with Crippen LogP contribution < -0.4 is 15.6 Å². The van der Waals surface area contributed by atoms with Crippen LogP contribution in [0.2, 0.25) is 0 Å². The smallest absolute Gasteiger partial charge is 0.323 e. The molecule has 0 spiro atoms. The molecule has 1 fully saturated rings. The average molecular weight is 504 g/mol. The van der Waals surface area contributed by atoms with Gasteiger partial charge in [0.05, 0.1) is 26.1 Å². The maximum Gasteiger partial charge on any atom is 0.323 e. The van der Waals surface area contributed by atoms with Crippen LogP contribution in [0.15, 0.2) is 6.33 Å². The molecule has 0 aromatic carbocycles. The number of hydrogen-bond acceptors (Lipinski definition) is 11. The van der Waals surface area contributed by atoms with Crippen LogP contribution in [0.3, 0.4) is 0 Å². The molecule has 0 bridgehead atoms. The third-order valence-electron chi connectivity index (χ3n) is 5.19. The predicted octanol–water partition coefficient (Wildman–Crippen LogP) is 1.17. The highest BCUT2D eigenvalue weighted by Crippen LogP contribution is 2.45. The molecule has 0 amide bonds. The second-order valence-corrected chi connectivity index (χ2v) is 10.7. The van der Waals surface area contributed by atoms with E-state index < -0.39 is 50.2 Å². The number of carbonyl (C=O) groups excluding carboxylic acids is 1. The Labute approximate surface area is 195 Å². The fourth-order valence-corrected chi connectivity index (χ4v) is 4.88. The molecule has 4 N–H and O–H groups in total. The Bertz CT molecular complexity index is 1100. The van der Waals surface area contributed by atoms with Gasteiger partial charge in [-0.25, -0.2) is 14.5 Å². The van der Waals surface area contributed by atoms with E-state index in [-0.39, 0.29) is 29.1 Å². The van der Waals surface area contributed by atoms with Crippen LogP contribution >= 0.6 is 7.52 Å². The molecule has 15 heteroatoms. The lowest BCUT2D eigenvalue weighted by atomic mass is 9.98. The minimum atomic E-state index is -3.54. The number of methoxy groups -OCH3 is 1. The van der Waals surface area contributed by atoms with E-state index in [0.29, 0.717) is 0 Å². The number of imidazole rings is 1. The lowest BCUT2D eigenvalue weighted by Gasteiger charge is -2.24. The van der Waals surface area contributed by atoms with Gasteiger partial charge in [-0.05, 0) is 27.7 Å². The molecule has 3 rings (SSSR count). The highest BCUT2D eigenvalue weighted by atomic mass is 31.2. The van der Waals surface area contributed by atoms with Crippen molar-refractivity contribution in [3.63, 3.8) is 0 Å². The summed E-state index contributed by atoms with van der Waals surface area (Å²) < 4.78 is 51.1. The standard InChI is InChI=1S/C19H30FN6O7P/c1-9(2)32-16(28)10(3)25-34(6,29)31-7-11-13(27)19(4,20)17(33-11)26-8-22-12-14(26)23-18(21)24-15(12)30-5/h8-11,13,17,27H,7H2,1-6H3,(H,25,29)(H2,21,23,24)/t10-,11+,13+,17+,19+,34-/m0/s1. The number of nitrogens with two attached hydrogens (primary N) is 1. The predicted molar refractivity (Wildman–Crippen MR) is 119 cm³/mol. The Hall–Kier alpha value is -2.38. The molecule has 0 saturated carbocycles. The first-order valence-electron chi connectivity index (χ1n) is 10.5. The highest BCUT2D eigenvalue weighted by Gasteiger charge is 2.55. The lowest BCUT2D eigenvalue weighted by Crippen LogP contribution is -2.41. The second kappa shape index (κ2) is 9.70. The number of aliphatic hydroxyl groups is 1. The molecular weight excluding hydrogens is 474 g/mol. The van der Waals surface area contributed by atoms with Crippen LogP contribution in [-0.2, 0) is 23.4 Å². The quantitative estimate of drug-likeness (QED) is 0.329. The van der Waals surface area contributed by atoms with Crippen molar-refractivity contribution in [1.82, 2.24) is 24.6 Å². The molecule has 1 aliphatic rings. The minimum absolute atomic E-state index is 0.100. The number of rotatable bonds is 9. The number of nitrogen functional groups attached to an aromatic ring is 1. The number of carbonyl (C=O) groups is 1. The van der Waals surface area contributed by atoms with E-state index in [9.17, 15) is 14.5 Å². The molecule has 1 saturated heterocycles. The van der Waals surface area contributed by atoms with Crippen LogP contribution in [0.5, 0.6) is 5.88 Å². The summed E-state index contributed by atoms with van der Waals surface area (Å²) in [7, 11) is -2.16. The first-order chi connectivity index (χ1) is 15.8. The van der Waals surface area contributed by atoms with Gasteiger partial charge in [0, 0.05) is 6.66 Å². The van der Waals surface area contributed by atoms with Crippen LogP contribution in [0.4, 0.5) is 10.3 Å². The maximum absolute atomic E-state index is 15.6. The Morgan fingerprint density at radius 3 is 2.74 bits per heavy atom. The number of aliphatic hydroxyl groups excluding tert-OH is 1. The Kier molecular flexibility index (Phi) is 7.48. The molecule has 1 aliphatic heterocycles. The summed E-state index contributed by atoms with van der Waals surface area (Å²) in [5, 5.41) is 13.2. The van der Waals surface area contributed by atoms with Crippen molar-refractivity contribution in [2.75, 3.05) is 26.1 Å². The number of anilines is 1. The third kappa shape index (κ3) is 5.31. The fourth-order valence-electron chi connectivity index (χ4n) is 3.56. The number of ether oxygens (including phenoxy) is 3. The fraction of sp³-hybridized carbons (Fsp3) is 0.684. The first-order valence-corrected chi connectivity index (χ1v) is 12.6. The Morgan fingerprint density at radius 1 is 1.44 bits per heavy atom. The van der Waals surface area contributed by atoms with E-state index in [2.05, 4.69) is 20.0 Å². The molecule has 0 aliphatic carbocycles. The topological polar surface area (TPSA) is 173 Å². The van der Waals surface area contributed by atoms with Gasteiger partial charge in [-0.1, -0.05) is 0 Å². The van der Waals surface area contributed by atoms with Crippen molar-refractivity contribution in [3.8, 4) is 5.88 Å². The van der Waals surface area contributed by atoms with Crippen molar-refractivity contribution in [2.45, 2.75) is 63.9 Å². The van der Waals surface area contributed by atoms with Crippen molar-refractivity contribution in [2.24, 2.45) is 0 Å². The van der Waals surface area contributed by atoms with Crippen molar-refractivity contribution in [1.29, 1.82) is 0 Å². The zero-order valence-corrected chi connectivity index (χ0v) is 20.7. The zero-order chi connectivity index (χ0) is 25.4. The summed E-state index contributed by atoms with van der Waals surface area (Å²) in [5.74, 6) is -0.616. The molecule has 34 heavy (non-hydrogen) atoms. The van der Waals surface area contributed by atoms with Gasteiger partial charge < -0.3 is 29.6 Å². The lowest BCUT2D eigenvalue weighted by molar-refractivity contribution is -0.149. The van der Waals surface area contributed by atoms with Crippen molar-refractivity contribution < 1.29 is 37.6 Å². The molecule has 6 atom stereocenters. The van der Waals surface area contributed by atoms with E-state index in [1.54, 1.807) is 13.8 Å². The first kappa shape index (κ1) is 26.2. The molecule has 3 heterocycles. The van der Waals surface area contributed by atoms with Gasteiger partial charge in [0.15, 0.2) is 23.1 Å². The normalized spacial score (nSPS) is 27.6. The van der Waals surface area contributed by atoms with Gasteiger partial charge >= 0.3 is 5.97 Å². The summed E-state index contributed by atoms with van der Waals surface area (Å²) in [5.41, 5.74) is 3.79. The van der Waals surface area contributed by atoms with Gasteiger partial charge in [0.25, 0.3) is 7.52 Å². The van der Waals surface area contributed by atoms with Gasteiger partial charge in [-0.2, -0.15) is 9.97 Å². The zero-order valence-electron chi connectivity index (χ0n) is 19.8. The van der Waals surface area contributed by atoms with E-state index in [1.165, 1.54) is 31.6 Å².